The van der Waals surface area contributed by atoms with Crippen molar-refractivity contribution < 1.29 is 13.7 Å². The Bertz CT molecular complexity index is 1460. The standard InChI is InChI=1S/C31H33FN4O2/c1-22-20-36(21-23-7-3-2-4-8-23)27-9-5-15-35(31(37)29(22)27)16-6-14-34-17-12-24(13-18-34)30-26-11-10-25(32)19-28(26)38-33-30/h2-5,7-11,19-20,24H,6,12-18,21H2,1H3. The first-order chi connectivity index (χ1) is 18.6. The molecular formula is C31H33FN4O2. The second kappa shape index (κ2) is 10.6. The van der Waals surface area contributed by atoms with Crippen molar-refractivity contribution in [2.24, 2.45) is 0 Å². The average Bonchev–Trinajstić information content (AvgIpc) is 3.42. The number of hydrogen-bond acceptors (Lipinski definition) is 4. The smallest absolute Gasteiger partial charge is 0.256 e. The number of hydrogen-bond donors (Lipinski definition) is 0. The van der Waals surface area contributed by atoms with Crippen molar-refractivity contribution in [3.8, 4) is 0 Å². The van der Waals surface area contributed by atoms with Crippen LogP contribution in [0.4, 0.5) is 4.39 Å². The highest BCUT2D eigenvalue weighted by molar-refractivity contribution is 6.00. The Labute approximate surface area is 222 Å². The molecule has 2 aromatic carbocycles. The minimum Gasteiger partial charge on any atom is -0.356 e. The van der Waals surface area contributed by atoms with E-state index in [0.717, 1.165) is 79.9 Å². The summed E-state index contributed by atoms with van der Waals surface area (Å²) in [7, 11) is 0. The molecule has 196 valence electrons. The van der Waals surface area contributed by atoms with Gasteiger partial charge in [0, 0.05) is 43.2 Å². The molecule has 2 aromatic heterocycles. The molecule has 2 aliphatic rings. The van der Waals surface area contributed by atoms with Crippen LogP contribution in [0.15, 0.2) is 65.3 Å². The zero-order chi connectivity index (χ0) is 26.1. The van der Waals surface area contributed by atoms with Gasteiger partial charge in [0.15, 0.2) is 5.58 Å². The lowest BCUT2D eigenvalue weighted by Crippen LogP contribution is -2.37. The van der Waals surface area contributed by atoms with Crippen LogP contribution in [0, 0.1) is 12.7 Å². The highest BCUT2D eigenvalue weighted by Gasteiger charge is 2.27. The first kappa shape index (κ1) is 24.6. The van der Waals surface area contributed by atoms with Crippen LogP contribution in [0.3, 0.4) is 0 Å². The Kier molecular flexibility index (Phi) is 6.85. The van der Waals surface area contributed by atoms with Gasteiger partial charge in [-0.05, 0) is 75.2 Å². The second-order valence-electron chi connectivity index (χ2n) is 10.5. The molecule has 2 aliphatic heterocycles. The van der Waals surface area contributed by atoms with Crippen molar-refractivity contribution in [1.29, 1.82) is 0 Å². The fraction of sp³-hybridized carbons (Fsp3) is 0.355. The van der Waals surface area contributed by atoms with Gasteiger partial charge in [-0.3, -0.25) is 4.79 Å². The molecule has 4 aromatic rings. The maximum Gasteiger partial charge on any atom is 0.256 e. The van der Waals surface area contributed by atoms with Gasteiger partial charge in [0.1, 0.15) is 5.82 Å². The fourth-order valence-corrected chi connectivity index (χ4v) is 5.95. The highest BCUT2D eigenvalue weighted by atomic mass is 19.1. The number of fused-ring (bicyclic) bond motifs is 2. The lowest BCUT2D eigenvalue weighted by Gasteiger charge is -2.31. The topological polar surface area (TPSA) is 54.5 Å². The molecule has 0 saturated carbocycles. The van der Waals surface area contributed by atoms with Crippen LogP contribution in [0.5, 0.6) is 0 Å². The van der Waals surface area contributed by atoms with Crippen molar-refractivity contribution in [2.75, 3.05) is 32.7 Å². The number of piperidine rings is 1. The molecule has 0 unspecified atom stereocenters. The van der Waals surface area contributed by atoms with Crippen LogP contribution in [-0.2, 0) is 6.54 Å². The number of aromatic nitrogens is 2. The predicted molar refractivity (Wildman–Crippen MR) is 147 cm³/mol. The van der Waals surface area contributed by atoms with E-state index in [1.54, 1.807) is 6.07 Å². The number of benzene rings is 2. The van der Waals surface area contributed by atoms with E-state index in [1.807, 2.05) is 30.0 Å². The van der Waals surface area contributed by atoms with E-state index in [4.69, 9.17) is 4.52 Å². The summed E-state index contributed by atoms with van der Waals surface area (Å²) in [6, 6.07) is 15.0. The van der Waals surface area contributed by atoms with Crippen LogP contribution in [0.25, 0.3) is 17.0 Å². The molecule has 1 saturated heterocycles. The first-order valence-corrected chi connectivity index (χ1v) is 13.5. The van der Waals surface area contributed by atoms with Gasteiger partial charge in [-0.25, -0.2) is 4.39 Å². The van der Waals surface area contributed by atoms with Crippen molar-refractivity contribution in [1.82, 2.24) is 19.5 Å². The summed E-state index contributed by atoms with van der Waals surface area (Å²) >= 11 is 0. The van der Waals surface area contributed by atoms with E-state index in [0.29, 0.717) is 18.0 Å². The molecule has 4 heterocycles. The number of carbonyl (C=O) groups excluding carboxylic acids is 1. The summed E-state index contributed by atoms with van der Waals surface area (Å²) in [5.74, 6) is 0.156. The monoisotopic (exact) mass is 512 g/mol. The summed E-state index contributed by atoms with van der Waals surface area (Å²) in [4.78, 5) is 18.0. The molecule has 0 spiro atoms. The zero-order valence-electron chi connectivity index (χ0n) is 21.8. The third kappa shape index (κ3) is 4.90. The van der Waals surface area contributed by atoms with Gasteiger partial charge in [0.25, 0.3) is 5.91 Å². The van der Waals surface area contributed by atoms with E-state index in [2.05, 4.69) is 45.1 Å². The quantitative estimate of drug-likeness (QED) is 0.311. The van der Waals surface area contributed by atoms with Crippen LogP contribution < -0.4 is 0 Å². The van der Waals surface area contributed by atoms with E-state index in [-0.39, 0.29) is 11.7 Å². The molecule has 1 amide bonds. The predicted octanol–water partition coefficient (Wildman–Crippen LogP) is 5.86. The molecule has 6 nitrogen and oxygen atoms in total. The molecule has 0 atom stereocenters. The molecule has 0 N–H and O–H groups in total. The van der Waals surface area contributed by atoms with Gasteiger partial charge in [-0.15, -0.1) is 0 Å². The maximum absolute atomic E-state index is 13.5. The number of likely N-dealkylation sites (tertiary alicyclic amines) is 1. The third-order valence-corrected chi connectivity index (χ3v) is 7.95. The van der Waals surface area contributed by atoms with Crippen LogP contribution >= 0.6 is 0 Å². The van der Waals surface area contributed by atoms with Crippen molar-refractivity contribution in [2.45, 2.75) is 38.6 Å². The number of nitrogens with zero attached hydrogens (tertiary/aromatic N) is 4. The number of carbonyl (C=O) groups is 1. The Morgan fingerprint density at radius 1 is 1.08 bits per heavy atom. The van der Waals surface area contributed by atoms with Gasteiger partial charge in [-0.1, -0.05) is 41.6 Å². The van der Waals surface area contributed by atoms with Gasteiger partial charge in [0.2, 0.25) is 0 Å². The minimum atomic E-state index is -0.301. The van der Waals surface area contributed by atoms with Crippen LogP contribution in [0.2, 0.25) is 0 Å². The Balaban J connectivity index is 1.04. The summed E-state index contributed by atoms with van der Waals surface area (Å²) in [5.41, 5.74) is 5.56. The Morgan fingerprint density at radius 2 is 1.89 bits per heavy atom. The maximum atomic E-state index is 13.5. The zero-order valence-corrected chi connectivity index (χ0v) is 21.8. The van der Waals surface area contributed by atoms with E-state index in [1.165, 1.54) is 17.7 Å². The average molecular weight is 513 g/mol. The molecule has 6 rings (SSSR count). The molecule has 1 fully saturated rings. The molecule has 0 bridgehead atoms. The van der Waals surface area contributed by atoms with Crippen LogP contribution in [0.1, 0.15) is 58.1 Å². The SMILES string of the molecule is Cc1cn(Cc2ccccc2)c2c1C(=O)N(CCCN1CCC(c3noc4cc(F)ccc34)CC1)CC=C2. The third-order valence-electron chi connectivity index (χ3n) is 7.95. The van der Waals surface area contributed by atoms with Gasteiger partial charge >= 0.3 is 0 Å². The van der Waals surface area contributed by atoms with E-state index in [9.17, 15) is 9.18 Å². The summed E-state index contributed by atoms with van der Waals surface area (Å²) in [6.07, 6.45) is 9.27. The second-order valence-corrected chi connectivity index (χ2v) is 10.5. The highest BCUT2D eigenvalue weighted by Crippen LogP contribution is 2.33. The molecule has 38 heavy (non-hydrogen) atoms. The first-order valence-electron chi connectivity index (χ1n) is 13.5. The molecule has 0 radical (unpaired) electrons. The number of rotatable bonds is 7. The van der Waals surface area contributed by atoms with Crippen molar-refractivity contribution >= 4 is 23.0 Å². The number of aryl methyl sites for hydroxylation is 1. The number of halogens is 1. The Morgan fingerprint density at radius 3 is 2.71 bits per heavy atom. The molecular weight excluding hydrogens is 479 g/mol. The minimum absolute atomic E-state index is 0.127. The van der Waals surface area contributed by atoms with Gasteiger partial charge in [-0.2, -0.15) is 0 Å². The largest absolute Gasteiger partial charge is 0.356 e. The van der Waals surface area contributed by atoms with E-state index < -0.39 is 0 Å². The van der Waals surface area contributed by atoms with E-state index >= 15 is 0 Å². The normalized spacial score (nSPS) is 16.8. The molecule has 0 aliphatic carbocycles. The van der Waals surface area contributed by atoms with Crippen LogP contribution in [-0.4, -0.2) is 58.2 Å². The van der Waals surface area contributed by atoms with Gasteiger partial charge in [0.05, 0.1) is 17.0 Å². The lowest BCUT2D eigenvalue weighted by molar-refractivity contribution is 0.0765. The lowest BCUT2D eigenvalue weighted by atomic mass is 9.91. The van der Waals surface area contributed by atoms with Crippen molar-refractivity contribution in [3.63, 3.8) is 0 Å². The molecule has 7 heteroatoms. The van der Waals surface area contributed by atoms with Gasteiger partial charge < -0.3 is 18.9 Å². The number of amides is 1. The summed E-state index contributed by atoms with van der Waals surface area (Å²) < 4.78 is 21.1. The fourth-order valence-electron chi connectivity index (χ4n) is 5.95. The summed E-state index contributed by atoms with van der Waals surface area (Å²) in [5, 5.41) is 5.18. The summed E-state index contributed by atoms with van der Waals surface area (Å²) in [6.45, 7) is 7.11. The Hall–Kier alpha value is -3.71. The van der Waals surface area contributed by atoms with Crippen molar-refractivity contribution in [3.05, 3.63) is 94.7 Å².